The van der Waals surface area contributed by atoms with Gasteiger partial charge in [0.05, 0.1) is 31.4 Å². The summed E-state index contributed by atoms with van der Waals surface area (Å²) < 4.78 is 6.60. The van der Waals surface area contributed by atoms with Crippen molar-refractivity contribution in [2.24, 2.45) is 5.92 Å². The Bertz CT molecular complexity index is 1310. The molecule has 0 aliphatic carbocycles. The molecular formula is C34H43N3O4. The van der Waals surface area contributed by atoms with Gasteiger partial charge in [-0.15, -0.1) is 0 Å². The lowest BCUT2D eigenvalue weighted by Crippen LogP contribution is -2.50. The topological polar surface area (TPSA) is 73.3 Å². The van der Waals surface area contributed by atoms with E-state index in [1.165, 1.54) is 0 Å². The molecule has 41 heavy (non-hydrogen) atoms. The summed E-state index contributed by atoms with van der Waals surface area (Å²) in [5.41, 5.74) is 4.49. The maximum Gasteiger partial charge on any atom is 0.254 e. The molecule has 0 saturated carbocycles. The zero-order chi connectivity index (χ0) is 29.5. The van der Waals surface area contributed by atoms with E-state index in [0.717, 1.165) is 22.3 Å². The highest BCUT2D eigenvalue weighted by molar-refractivity contribution is 6.01. The monoisotopic (exact) mass is 557 g/mol. The number of aliphatic hydroxyl groups is 1. The van der Waals surface area contributed by atoms with Crippen LogP contribution in [0, 0.1) is 5.92 Å². The molecule has 1 aliphatic rings. The third-order valence-electron chi connectivity index (χ3n) is 8.10. The van der Waals surface area contributed by atoms with Crippen molar-refractivity contribution in [3.63, 3.8) is 0 Å². The van der Waals surface area contributed by atoms with Gasteiger partial charge in [0.15, 0.2) is 0 Å². The fourth-order valence-electron chi connectivity index (χ4n) is 5.49. The van der Waals surface area contributed by atoms with Gasteiger partial charge in [-0.2, -0.15) is 0 Å². The lowest BCUT2D eigenvalue weighted by molar-refractivity contribution is -0.137. The van der Waals surface area contributed by atoms with Gasteiger partial charge in [-0.1, -0.05) is 79.7 Å². The molecular weight excluding hydrogens is 514 g/mol. The number of likely N-dealkylation sites (N-methyl/N-ethyl adjacent to an activating group) is 2. The van der Waals surface area contributed by atoms with Gasteiger partial charge in [-0.05, 0) is 55.8 Å². The molecule has 3 aromatic rings. The van der Waals surface area contributed by atoms with E-state index in [1.807, 2.05) is 112 Å². The van der Waals surface area contributed by atoms with Gasteiger partial charge < -0.3 is 19.6 Å². The molecule has 0 bridgehead atoms. The minimum Gasteiger partial charge on any atom is -0.394 e. The first kappa shape index (κ1) is 30.4. The number of hydrogen-bond donors (Lipinski definition) is 1. The summed E-state index contributed by atoms with van der Waals surface area (Å²) in [7, 11) is 5.69. The van der Waals surface area contributed by atoms with E-state index < -0.39 is 0 Å². The molecule has 0 aromatic heterocycles. The number of nitrogens with zero attached hydrogens (tertiary/aromatic N) is 3. The van der Waals surface area contributed by atoms with Crippen LogP contribution in [-0.4, -0.2) is 90.6 Å². The predicted molar refractivity (Wildman–Crippen MR) is 162 cm³/mol. The minimum atomic E-state index is -0.377. The molecule has 218 valence electrons. The Morgan fingerprint density at radius 2 is 1.56 bits per heavy atom. The van der Waals surface area contributed by atoms with Crippen molar-refractivity contribution in [1.82, 2.24) is 14.7 Å². The molecule has 0 radical (unpaired) electrons. The summed E-state index contributed by atoms with van der Waals surface area (Å²) in [6, 6.07) is 25.0. The van der Waals surface area contributed by atoms with E-state index in [-0.39, 0.29) is 42.5 Å². The van der Waals surface area contributed by atoms with Crippen molar-refractivity contribution in [3.05, 3.63) is 95.6 Å². The van der Waals surface area contributed by atoms with Crippen molar-refractivity contribution in [2.75, 3.05) is 40.8 Å². The van der Waals surface area contributed by atoms with Crippen LogP contribution < -0.4 is 0 Å². The number of rotatable bonds is 8. The first-order valence-corrected chi connectivity index (χ1v) is 14.4. The predicted octanol–water partition coefficient (Wildman–Crippen LogP) is 4.34. The Kier molecular flexibility index (Phi) is 10.3. The van der Waals surface area contributed by atoms with E-state index in [9.17, 15) is 14.7 Å². The van der Waals surface area contributed by atoms with Gasteiger partial charge in [0.1, 0.15) is 0 Å². The third kappa shape index (κ3) is 7.22. The average molecular weight is 558 g/mol. The summed E-state index contributed by atoms with van der Waals surface area (Å²) in [6.45, 7) is 4.88. The van der Waals surface area contributed by atoms with Crippen LogP contribution in [0.1, 0.15) is 35.3 Å². The van der Waals surface area contributed by atoms with Crippen LogP contribution >= 0.6 is 0 Å². The third-order valence-corrected chi connectivity index (χ3v) is 8.10. The lowest BCUT2D eigenvalue weighted by Gasteiger charge is -2.36. The Balaban J connectivity index is 1.65. The van der Waals surface area contributed by atoms with Crippen molar-refractivity contribution in [3.8, 4) is 11.1 Å². The highest BCUT2D eigenvalue weighted by Crippen LogP contribution is 2.31. The van der Waals surface area contributed by atoms with E-state index in [2.05, 4.69) is 6.92 Å². The first-order chi connectivity index (χ1) is 19.7. The van der Waals surface area contributed by atoms with Crippen LogP contribution in [0.5, 0.6) is 0 Å². The molecule has 1 N–H and O–H groups in total. The van der Waals surface area contributed by atoms with E-state index in [4.69, 9.17) is 4.74 Å². The highest BCUT2D eigenvalue weighted by Gasteiger charge is 2.32. The molecule has 0 fully saturated rings. The zero-order valence-electron chi connectivity index (χ0n) is 24.9. The largest absolute Gasteiger partial charge is 0.394 e. The molecule has 4 rings (SSSR count). The van der Waals surface area contributed by atoms with Gasteiger partial charge in [0.25, 0.3) is 5.91 Å². The summed E-state index contributed by atoms with van der Waals surface area (Å²) in [5, 5.41) is 10.1. The maximum absolute atomic E-state index is 14.0. The standard InChI is InChI=1S/C34H43N3O4/c1-24-20-37(25(2)22-38)33(39)30-18-12-11-17-29(30)28-16-10-9-15-27(28)23-41-32(24)21-36(5)34(40)31(35(3)4)19-26-13-7-6-8-14-26/h6-18,24-25,31-32,38H,19-23H2,1-5H3/t24-,25-,31-,32-/m0/s1. The highest BCUT2D eigenvalue weighted by atomic mass is 16.5. The fourth-order valence-corrected chi connectivity index (χ4v) is 5.49. The normalized spacial score (nSPS) is 19.1. The molecule has 0 saturated heterocycles. The fraction of sp³-hybridized carbons (Fsp3) is 0.412. The molecule has 2 amide bonds. The number of hydrogen-bond acceptors (Lipinski definition) is 5. The summed E-state index contributed by atoms with van der Waals surface area (Å²) in [5.74, 6) is -0.203. The number of aliphatic hydroxyl groups excluding tert-OH is 1. The van der Waals surface area contributed by atoms with Gasteiger partial charge >= 0.3 is 0 Å². The number of benzene rings is 3. The van der Waals surface area contributed by atoms with Crippen molar-refractivity contribution >= 4 is 11.8 Å². The number of fused-ring (bicyclic) bond motifs is 3. The minimum absolute atomic E-state index is 0.0217. The van der Waals surface area contributed by atoms with E-state index in [1.54, 1.807) is 9.80 Å². The number of amides is 2. The summed E-state index contributed by atoms with van der Waals surface area (Å²) in [4.78, 5) is 33.2. The van der Waals surface area contributed by atoms with E-state index in [0.29, 0.717) is 31.7 Å². The second-order valence-electron chi connectivity index (χ2n) is 11.4. The number of carbonyl (C=O) groups is 2. The maximum atomic E-state index is 14.0. The van der Waals surface area contributed by atoms with Crippen LogP contribution in [0.15, 0.2) is 78.9 Å². The Labute approximate surface area is 244 Å². The Hall–Kier alpha value is -3.52. The molecule has 1 aliphatic heterocycles. The molecule has 7 nitrogen and oxygen atoms in total. The first-order valence-electron chi connectivity index (χ1n) is 14.4. The van der Waals surface area contributed by atoms with Crippen molar-refractivity contribution in [1.29, 1.82) is 0 Å². The molecule has 0 unspecified atom stereocenters. The van der Waals surface area contributed by atoms with Crippen LogP contribution in [0.25, 0.3) is 11.1 Å². The Morgan fingerprint density at radius 3 is 2.22 bits per heavy atom. The summed E-state index contributed by atoms with van der Waals surface area (Å²) >= 11 is 0. The van der Waals surface area contributed by atoms with Gasteiger partial charge in [0, 0.05) is 31.6 Å². The van der Waals surface area contributed by atoms with Crippen LogP contribution in [-0.2, 0) is 22.6 Å². The lowest BCUT2D eigenvalue weighted by atomic mass is 9.94. The van der Waals surface area contributed by atoms with Gasteiger partial charge in [-0.25, -0.2) is 0 Å². The van der Waals surface area contributed by atoms with Gasteiger partial charge in [-0.3, -0.25) is 14.5 Å². The number of ether oxygens (including phenoxy) is 1. The SMILES string of the molecule is C[C@H]1CN([C@@H](C)CO)C(=O)c2ccccc2-c2ccccc2CO[C@H]1CN(C)C(=O)[C@H](Cc1ccccc1)N(C)C. The van der Waals surface area contributed by atoms with Gasteiger partial charge in [0.2, 0.25) is 5.91 Å². The second kappa shape index (κ2) is 13.9. The smallest absolute Gasteiger partial charge is 0.254 e. The number of carbonyl (C=O) groups excluding carboxylic acids is 2. The van der Waals surface area contributed by atoms with E-state index >= 15 is 0 Å². The quantitative estimate of drug-likeness (QED) is 0.446. The molecule has 3 aromatic carbocycles. The second-order valence-corrected chi connectivity index (χ2v) is 11.4. The van der Waals surface area contributed by atoms with Crippen LogP contribution in [0.4, 0.5) is 0 Å². The average Bonchev–Trinajstić information content (AvgIpc) is 3.01. The van der Waals surface area contributed by atoms with Crippen molar-refractivity contribution < 1.29 is 19.4 Å². The molecule has 7 heteroatoms. The Morgan fingerprint density at radius 1 is 0.951 bits per heavy atom. The zero-order valence-corrected chi connectivity index (χ0v) is 24.9. The van der Waals surface area contributed by atoms with Crippen LogP contribution in [0.3, 0.4) is 0 Å². The molecule has 0 spiro atoms. The van der Waals surface area contributed by atoms with Crippen molar-refractivity contribution in [2.45, 2.75) is 45.1 Å². The molecule has 1 heterocycles. The molecule has 4 atom stereocenters. The van der Waals surface area contributed by atoms with Crippen LogP contribution in [0.2, 0.25) is 0 Å². The summed E-state index contributed by atoms with van der Waals surface area (Å²) in [6.07, 6.45) is 0.277.